The second-order valence-electron chi connectivity index (χ2n) is 5.86. The quantitative estimate of drug-likeness (QED) is 0.855. The number of nitrogens with zero attached hydrogens (tertiary/aromatic N) is 3. The Hall–Kier alpha value is -1.42. The van der Waals surface area contributed by atoms with E-state index in [0.717, 1.165) is 38.4 Å². The number of nitrogens with two attached hydrogens (primary N) is 1. The first kappa shape index (κ1) is 13.6. The van der Waals surface area contributed by atoms with Gasteiger partial charge in [0.15, 0.2) is 0 Å². The molecular formula is C16H26N4. The maximum Gasteiger partial charge on any atom is 0.0602 e. The molecule has 2 fully saturated rings. The van der Waals surface area contributed by atoms with Crippen LogP contribution in [0.1, 0.15) is 19.8 Å². The molecule has 4 heteroatoms. The van der Waals surface area contributed by atoms with E-state index in [1.807, 2.05) is 0 Å². The summed E-state index contributed by atoms with van der Waals surface area (Å²) < 4.78 is 0. The van der Waals surface area contributed by atoms with Gasteiger partial charge in [-0.2, -0.15) is 0 Å². The Bertz CT molecular complexity index is 446. The van der Waals surface area contributed by atoms with Crippen LogP contribution in [-0.4, -0.2) is 50.7 Å². The van der Waals surface area contributed by atoms with E-state index in [2.05, 4.69) is 39.8 Å². The van der Waals surface area contributed by atoms with Crippen molar-refractivity contribution in [2.75, 3.05) is 61.3 Å². The Balaban J connectivity index is 1.71. The van der Waals surface area contributed by atoms with Crippen molar-refractivity contribution in [1.82, 2.24) is 4.90 Å². The lowest BCUT2D eigenvalue weighted by atomic mass is 10.2. The molecule has 0 aliphatic carbocycles. The van der Waals surface area contributed by atoms with E-state index in [1.54, 1.807) is 0 Å². The highest BCUT2D eigenvalue weighted by molar-refractivity contribution is 5.73. The van der Waals surface area contributed by atoms with Crippen LogP contribution < -0.4 is 15.5 Å². The molecule has 3 rings (SSSR count). The van der Waals surface area contributed by atoms with Gasteiger partial charge in [0.25, 0.3) is 0 Å². The molecule has 0 atom stereocenters. The zero-order valence-corrected chi connectivity index (χ0v) is 12.5. The number of hydrogen-bond acceptors (Lipinski definition) is 4. The molecule has 0 spiro atoms. The number of rotatable bonds is 3. The number of benzene rings is 1. The monoisotopic (exact) mass is 274 g/mol. The fourth-order valence-corrected chi connectivity index (χ4v) is 3.31. The van der Waals surface area contributed by atoms with Gasteiger partial charge in [-0.1, -0.05) is 6.92 Å². The summed E-state index contributed by atoms with van der Waals surface area (Å²) in [5.74, 6) is 0. The van der Waals surface area contributed by atoms with Gasteiger partial charge < -0.3 is 20.4 Å². The Kier molecular flexibility index (Phi) is 4.01. The third-order valence-electron chi connectivity index (χ3n) is 4.64. The van der Waals surface area contributed by atoms with E-state index in [9.17, 15) is 0 Å². The minimum Gasteiger partial charge on any atom is -0.397 e. The molecule has 0 saturated carbocycles. The first-order valence-corrected chi connectivity index (χ1v) is 7.89. The first-order valence-electron chi connectivity index (χ1n) is 7.89. The third-order valence-corrected chi connectivity index (χ3v) is 4.64. The lowest BCUT2D eigenvalue weighted by molar-refractivity contribution is 0.271. The highest BCUT2D eigenvalue weighted by Crippen LogP contribution is 2.30. The van der Waals surface area contributed by atoms with Crippen LogP contribution >= 0.6 is 0 Å². The number of piperazine rings is 1. The van der Waals surface area contributed by atoms with E-state index in [1.165, 1.54) is 37.3 Å². The van der Waals surface area contributed by atoms with Gasteiger partial charge in [-0.05, 0) is 37.6 Å². The highest BCUT2D eigenvalue weighted by atomic mass is 15.3. The minimum atomic E-state index is 0.930. The lowest BCUT2D eigenvalue weighted by Gasteiger charge is -2.36. The van der Waals surface area contributed by atoms with Crippen LogP contribution in [0.5, 0.6) is 0 Å². The predicted octanol–water partition coefficient (Wildman–Crippen LogP) is 2.01. The molecule has 1 aromatic rings. The number of anilines is 3. The SMILES string of the molecule is CCN1CCN(c2ccc(N3CCCC3)cc2N)CC1. The van der Waals surface area contributed by atoms with Crippen molar-refractivity contribution in [3.8, 4) is 0 Å². The summed E-state index contributed by atoms with van der Waals surface area (Å²) in [6.45, 7) is 10.2. The van der Waals surface area contributed by atoms with E-state index in [4.69, 9.17) is 5.73 Å². The molecule has 0 aromatic heterocycles. The van der Waals surface area contributed by atoms with E-state index >= 15 is 0 Å². The molecule has 0 amide bonds. The smallest absolute Gasteiger partial charge is 0.0602 e. The predicted molar refractivity (Wildman–Crippen MR) is 86.6 cm³/mol. The molecule has 0 bridgehead atoms. The van der Waals surface area contributed by atoms with Gasteiger partial charge in [-0.15, -0.1) is 0 Å². The third kappa shape index (κ3) is 2.70. The fourth-order valence-electron chi connectivity index (χ4n) is 3.31. The van der Waals surface area contributed by atoms with Crippen LogP contribution in [0, 0.1) is 0 Å². The van der Waals surface area contributed by atoms with E-state index in [0.29, 0.717) is 0 Å². The molecule has 2 N–H and O–H groups in total. The maximum atomic E-state index is 6.31. The summed E-state index contributed by atoms with van der Waals surface area (Å²) in [6.07, 6.45) is 2.61. The molecule has 0 unspecified atom stereocenters. The summed E-state index contributed by atoms with van der Waals surface area (Å²) in [4.78, 5) is 7.36. The molecule has 20 heavy (non-hydrogen) atoms. The average molecular weight is 274 g/mol. The van der Waals surface area contributed by atoms with Crippen molar-refractivity contribution in [2.45, 2.75) is 19.8 Å². The Morgan fingerprint density at radius 1 is 0.950 bits per heavy atom. The Labute approximate surface area is 122 Å². The van der Waals surface area contributed by atoms with Crippen molar-refractivity contribution >= 4 is 17.1 Å². The second-order valence-corrected chi connectivity index (χ2v) is 5.86. The summed E-state index contributed by atoms with van der Waals surface area (Å²) >= 11 is 0. The zero-order valence-electron chi connectivity index (χ0n) is 12.5. The van der Waals surface area contributed by atoms with Crippen molar-refractivity contribution in [3.05, 3.63) is 18.2 Å². The zero-order chi connectivity index (χ0) is 13.9. The molecule has 4 nitrogen and oxygen atoms in total. The molecule has 2 heterocycles. The molecule has 1 aromatic carbocycles. The van der Waals surface area contributed by atoms with Gasteiger partial charge in [0.1, 0.15) is 0 Å². The van der Waals surface area contributed by atoms with Crippen molar-refractivity contribution in [1.29, 1.82) is 0 Å². The van der Waals surface area contributed by atoms with Crippen molar-refractivity contribution < 1.29 is 0 Å². The standard InChI is InChI=1S/C16H26N4/c1-2-18-9-11-20(12-10-18)16-6-5-14(13-15(16)17)19-7-3-4-8-19/h5-6,13H,2-4,7-12,17H2,1H3. The first-order chi connectivity index (χ1) is 9.78. The number of likely N-dealkylation sites (N-methyl/N-ethyl adjacent to an activating group) is 1. The van der Waals surface area contributed by atoms with E-state index in [-0.39, 0.29) is 0 Å². The van der Waals surface area contributed by atoms with Crippen LogP contribution in [0.4, 0.5) is 17.1 Å². The van der Waals surface area contributed by atoms with Crippen LogP contribution in [0.3, 0.4) is 0 Å². The van der Waals surface area contributed by atoms with Gasteiger partial charge in [-0.25, -0.2) is 0 Å². The number of hydrogen-bond donors (Lipinski definition) is 1. The molecule has 0 radical (unpaired) electrons. The molecule has 2 aliphatic rings. The van der Waals surface area contributed by atoms with Crippen LogP contribution in [0.2, 0.25) is 0 Å². The summed E-state index contributed by atoms with van der Waals surface area (Å²) in [7, 11) is 0. The Morgan fingerprint density at radius 3 is 2.25 bits per heavy atom. The van der Waals surface area contributed by atoms with Crippen LogP contribution in [0.15, 0.2) is 18.2 Å². The van der Waals surface area contributed by atoms with Crippen molar-refractivity contribution in [3.63, 3.8) is 0 Å². The summed E-state index contributed by atoms with van der Waals surface area (Å²) in [5, 5.41) is 0. The normalized spacial score (nSPS) is 20.6. The van der Waals surface area contributed by atoms with Crippen LogP contribution in [0.25, 0.3) is 0 Å². The minimum absolute atomic E-state index is 0.930. The maximum absolute atomic E-state index is 6.31. The van der Waals surface area contributed by atoms with E-state index < -0.39 is 0 Å². The van der Waals surface area contributed by atoms with Gasteiger partial charge in [-0.3, -0.25) is 0 Å². The van der Waals surface area contributed by atoms with Gasteiger partial charge in [0.2, 0.25) is 0 Å². The summed E-state index contributed by atoms with van der Waals surface area (Å²) in [5.41, 5.74) is 9.73. The molecule has 2 aliphatic heterocycles. The molecule has 2 saturated heterocycles. The van der Waals surface area contributed by atoms with Gasteiger partial charge in [0, 0.05) is 45.0 Å². The Morgan fingerprint density at radius 2 is 1.65 bits per heavy atom. The fraction of sp³-hybridized carbons (Fsp3) is 0.625. The number of nitrogen functional groups attached to an aromatic ring is 1. The molecule has 110 valence electrons. The highest BCUT2D eigenvalue weighted by Gasteiger charge is 2.19. The lowest BCUT2D eigenvalue weighted by Crippen LogP contribution is -2.46. The molecular weight excluding hydrogens is 248 g/mol. The average Bonchev–Trinajstić information content (AvgIpc) is 3.01. The second kappa shape index (κ2) is 5.92. The topological polar surface area (TPSA) is 35.7 Å². The van der Waals surface area contributed by atoms with Gasteiger partial charge in [0.05, 0.1) is 11.4 Å². The van der Waals surface area contributed by atoms with Crippen LogP contribution in [-0.2, 0) is 0 Å². The van der Waals surface area contributed by atoms with Gasteiger partial charge >= 0.3 is 0 Å². The van der Waals surface area contributed by atoms with Crippen molar-refractivity contribution in [2.24, 2.45) is 0 Å². The summed E-state index contributed by atoms with van der Waals surface area (Å²) in [6, 6.07) is 6.61. The largest absolute Gasteiger partial charge is 0.397 e.